The molecular weight excluding hydrogens is 265 g/mol. The minimum Gasteiger partial charge on any atom is -0.481 e. The van der Waals surface area contributed by atoms with Gasteiger partial charge in [0.1, 0.15) is 11.3 Å². The number of nitrogens with one attached hydrogen (secondary N) is 2. The lowest BCUT2D eigenvalue weighted by molar-refractivity contribution is -0.143. The number of carboxylic acid groups (broad SMARTS) is 1. The summed E-state index contributed by atoms with van der Waals surface area (Å²) in [6.45, 7) is 0.0452. The van der Waals surface area contributed by atoms with Crippen molar-refractivity contribution in [2.75, 3.05) is 6.54 Å². The Hall–Kier alpha value is -2.44. The molecule has 0 radical (unpaired) electrons. The number of rotatable bonds is 4. The molecule has 0 bridgehead atoms. The molecule has 1 aliphatic rings. The number of amides is 1. The van der Waals surface area contributed by atoms with Crippen LogP contribution in [0.25, 0.3) is 11.0 Å². The first-order valence-corrected chi connectivity index (χ1v) is 6.16. The zero-order chi connectivity index (χ0) is 14.3. The normalized spacial score (nSPS) is 16.1. The number of hydrogen-bond donors (Lipinski definition) is 3. The highest BCUT2D eigenvalue weighted by molar-refractivity contribution is 6.05. The predicted octanol–water partition coefficient (Wildman–Crippen LogP) is 1.30. The van der Waals surface area contributed by atoms with Crippen molar-refractivity contribution in [1.29, 1.82) is 0 Å². The molecule has 0 atom stereocenters. The van der Waals surface area contributed by atoms with E-state index in [9.17, 15) is 14.0 Å². The molecule has 20 heavy (non-hydrogen) atoms. The molecule has 2 aromatic rings. The number of aromatic nitrogens is 2. The topological polar surface area (TPSA) is 95.1 Å². The van der Waals surface area contributed by atoms with Gasteiger partial charge >= 0.3 is 5.97 Å². The lowest BCUT2D eigenvalue weighted by Gasteiger charge is -2.11. The van der Waals surface area contributed by atoms with E-state index in [1.54, 1.807) is 0 Å². The monoisotopic (exact) mass is 277 g/mol. The van der Waals surface area contributed by atoms with Crippen molar-refractivity contribution in [1.82, 2.24) is 15.3 Å². The highest BCUT2D eigenvalue weighted by Crippen LogP contribution is 2.45. The first kappa shape index (κ1) is 12.6. The molecule has 0 aliphatic heterocycles. The van der Waals surface area contributed by atoms with Crippen molar-refractivity contribution in [3.8, 4) is 0 Å². The van der Waals surface area contributed by atoms with Crippen molar-refractivity contribution >= 4 is 22.9 Å². The second-order valence-corrected chi connectivity index (χ2v) is 5.02. The van der Waals surface area contributed by atoms with E-state index < -0.39 is 23.1 Å². The Kier molecular flexibility index (Phi) is 2.70. The van der Waals surface area contributed by atoms with E-state index >= 15 is 0 Å². The summed E-state index contributed by atoms with van der Waals surface area (Å²) in [6.07, 6.45) is 2.47. The minimum atomic E-state index is -0.915. The maximum Gasteiger partial charge on any atom is 0.311 e. The molecule has 3 N–H and O–H groups in total. The standard InChI is InChI=1S/C13H12FN3O3/c14-7-3-8(10-9(4-7)16-6-17-10)11(18)15-5-13(1-2-13)12(19)20/h3-4,6H,1-2,5H2,(H,15,18)(H,16,17)(H,19,20). The number of carbonyl (C=O) groups excluding carboxylic acids is 1. The fourth-order valence-electron chi connectivity index (χ4n) is 2.15. The van der Waals surface area contributed by atoms with Gasteiger partial charge in [-0.3, -0.25) is 9.59 Å². The number of halogens is 1. The van der Waals surface area contributed by atoms with E-state index in [4.69, 9.17) is 5.11 Å². The molecule has 1 aromatic carbocycles. The van der Waals surface area contributed by atoms with Crippen molar-refractivity contribution in [2.24, 2.45) is 5.41 Å². The van der Waals surface area contributed by atoms with Crippen LogP contribution < -0.4 is 5.32 Å². The Balaban J connectivity index is 1.82. The minimum absolute atomic E-state index is 0.0452. The van der Waals surface area contributed by atoms with Gasteiger partial charge < -0.3 is 15.4 Å². The van der Waals surface area contributed by atoms with Gasteiger partial charge in [0.15, 0.2) is 0 Å². The number of hydrogen-bond acceptors (Lipinski definition) is 3. The highest BCUT2D eigenvalue weighted by Gasteiger charge is 2.50. The van der Waals surface area contributed by atoms with Crippen LogP contribution in [0.4, 0.5) is 4.39 Å². The fraction of sp³-hybridized carbons (Fsp3) is 0.308. The van der Waals surface area contributed by atoms with Crippen LogP contribution in [-0.2, 0) is 4.79 Å². The largest absolute Gasteiger partial charge is 0.481 e. The van der Waals surface area contributed by atoms with Crippen molar-refractivity contribution in [2.45, 2.75) is 12.8 Å². The van der Waals surface area contributed by atoms with Gasteiger partial charge in [0, 0.05) is 6.54 Å². The lowest BCUT2D eigenvalue weighted by Crippen LogP contribution is -2.34. The molecule has 6 nitrogen and oxygen atoms in total. The van der Waals surface area contributed by atoms with Gasteiger partial charge in [0.2, 0.25) is 0 Å². The molecule has 0 saturated heterocycles. The van der Waals surface area contributed by atoms with Crippen LogP contribution in [0.1, 0.15) is 23.2 Å². The number of benzene rings is 1. The van der Waals surface area contributed by atoms with Crippen LogP contribution in [-0.4, -0.2) is 33.5 Å². The van der Waals surface area contributed by atoms with Crippen LogP contribution in [0.2, 0.25) is 0 Å². The van der Waals surface area contributed by atoms with E-state index in [0.29, 0.717) is 23.9 Å². The average molecular weight is 277 g/mol. The molecule has 7 heteroatoms. The second-order valence-electron chi connectivity index (χ2n) is 5.02. The second kappa shape index (κ2) is 4.29. The molecular formula is C13H12FN3O3. The summed E-state index contributed by atoms with van der Waals surface area (Å²) in [4.78, 5) is 29.8. The quantitative estimate of drug-likeness (QED) is 0.785. The lowest BCUT2D eigenvalue weighted by atomic mass is 10.1. The number of fused-ring (bicyclic) bond motifs is 1. The van der Waals surface area contributed by atoms with Gasteiger partial charge in [0.05, 0.1) is 22.8 Å². The Bertz CT molecular complexity index is 706. The molecule has 3 rings (SSSR count). The number of imidazole rings is 1. The van der Waals surface area contributed by atoms with Crippen molar-refractivity contribution < 1.29 is 19.1 Å². The van der Waals surface area contributed by atoms with Crippen LogP contribution >= 0.6 is 0 Å². The summed E-state index contributed by atoms with van der Waals surface area (Å²) in [5.41, 5.74) is 0.0363. The summed E-state index contributed by atoms with van der Waals surface area (Å²) in [7, 11) is 0. The number of carbonyl (C=O) groups is 2. The number of aliphatic carboxylic acids is 1. The third-order valence-corrected chi connectivity index (χ3v) is 3.63. The number of nitrogens with zero attached hydrogens (tertiary/aromatic N) is 1. The van der Waals surface area contributed by atoms with E-state index in [2.05, 4.69) is 15.3 Å². The van der Waals surface area contributed by atoms with Gasteiger partial charge in [-0.05, 0) is 25.0 Å². The van der Waals surface area contributed by atoms with Crippen LogP contribution in [0.15, 0.2) is 18.5 Å². The zero-order valence-electron chi connectivity index (χ0n) is 10.4. The highest BCUT2D eigenvalue weighted by atomic mass is 19.1. The number of aromatic amines is 1. The maximum atomic E-state index is 13.4. The van der Waals surface area contributed by atoms with Crippen molar-refractivity contribution in [3.05, 3.63) is 29.8 Å². The SMILES string of the molecule is O=C(NCC1(C(=O)O)CC1)c1cc(F)cc2[nH]cnc12. The van der Waals surface area contributed by atoms with E-state index in [0.717, 1.165) is 6.07 Å². The summed E-state index contributed by atoms with van der Waals surface area (Å²) >= 11 is 0. The molecule has 1 heterocycles. The Morgan fingerprint density at radius 3 is 2.85 bits per heavy atom. The molecule has 0 spiro atoms. The Labute approximate surface area is 113 Å². The van der Waals surface area contributed by atoms with Crippen LogP contribution in [0, 0.1) is 11.2 Å². The summed E-state index contributed by atoms with van der Waals surface area (Å²) < 4.78 is 13.4. The Morgan fingerprint density at radius 1 is 1.45 bits per heavy atom. The Morgan fingerprint density at radius 2 is 2.20 bits per heavy atom. The van der Waals surface area contributed by atoms with E-state index in [-0.39, 0.29) is 12.1 Å². The molecule has 1 aromatic heterocycles. The predicted molar refractivity (Wildman–Crippen MR) is 67.7 cm³/mol. The third kappa shape index (κ3) is 2.01. The van der Waals surface area contributed by atoms with Crippen molar-refractivity contribution in [3.63, 3.8) is 0 Å². The van der Waals surface area contributed by atoms with Gasteiger partial charge in [-0.2, -0.15) is 0 Å². The summed E-state index contributed by atoms with van der Waals surface area (Å²) in [6, 6.07) is 2.34. The van der Waals surface area contributed by atoms with Crippen LogP contribution in [0.5, 0.6) is 0 Å². The van der Waals surface area contributed by atoms with Crippen LogP contribution in [0.3, 0.4) is 0 Å². The van der Waals surface area contributed by atoms with Gasteiger partial charge in [-0.15, -0.1) is 0 Å². The molecule has 104 valence electrons. The number of H-pyrrole nitrogens is 1. The number of carboxylic acids is 1. The first-order valence-electron chi connectivity index (χ1n) is 6.16. The zero-order valence-corrected chi connectivity index (χ0v) is 10.4. The maximum absolute atomic E-state index is 13.4. The van der Waals surface area contributed by atoms with Gasteiger partial charge in [-0.25, -0.2) is 9.37 Å². The first-order chi connectivity index (χ1) is 9.52. The molecule has 1 aliphatic carbocycles. The average Bonchev–Trinajstić information content (AvgIpc) is 3.07. The molecule has 1 fully saturated rings. The smallest absolute Gasteiger partial charge is 0.311 e. The molecule has 1 saturated carbocycles. The van der Waals surface area contributed by atoms with E-state index in [1.807, 2.05) is 0 Å². The molecule has 0 unspecified atom stereocenters. The molecule has 1 amide bonds. The van der Waals surface area contributed by atoms with Gasteiger partial charge in [-0.1, -0.05) is 0 Å². The third-order valence-electron chi connectivity index (χ3n) is 3.63. The van der Waals surface area contributed by atoms with E-state index in [1.165, 1.54) is 12.4 Å². The fourth-order valence-corrected chi connectivity index (χ4v) is 2.15. The van der Waals surface area contributed by atoms with Gasteiger partial charge in [0.25, 0.3) is 5.91 Å². The summed E-state index contributed by atoms with van der Waals surface area (Å²) in [5, 5.41) is 11.6. The summed E-state index contributed by atoms with van der Waals surface area (Å²) in [5.74, 6) is -1.98.